The highest BCUT2D eigenvalue weighted by Crippen LogP contribution is 2.24. The Morgan fingerprint density at radius 2 is 1.93 bits per heavy atom. The van der Waals surface area contributed by atoms with Crippen LogP contribution in [-0.2, 0) is 9.53 Å². The number of amides is 1. The summed E-state index contributed by atoms with van der Waals surface area (Å²) in [6.45, 7) is 6.63. The Balaban J connectivity index is 2.51. The lowest BCUT2D eigenvalue weighted by Crippen LogP contribution is -2.31. The number of rotatable bonds is 15. The molecule has 0 aliphatic heterocycles. The third-order valence-electron chi connectivity index (χ3n) is 4.25. The summed E-state index contributed by atoms with van der Waals surface area (Å²) in [4.78, 5) is 15.5. The standard InChI is InChI=1S/C24H35NO2S/c1-4-7-19-27-20-12-16-24(26)25(17-6-3)18-11-14-22-13-9-10-15-23(22)28-21-8-5-2/h3,9-11,13-15H,4-5,7-8,12,16-21H2,1-2H3/b14-11+. The van der Waals surface area contributed by atoms with Gasteiger partial charge in [-0.3, -0.25) is 4.79 Å². The molecule has 1 aromatic rings. The van der Waals surface area contributed by atoms with Gasteiger partial charge in [0.15, 0.2) is 0 Å². The zero-order chi connectivity index (χ0) is 20.5. The molecule has 0 spiro atoms. The van der Waals surface area contributed by atoms with Crippen LogP contribution in [0.4, 0.5) is 0 Å². The Kier molecular flexibility index (Phi) is 14.1. The molecule has 1 amide bonds. The fourth-order valence-electron chi connectivity index (χ4n) is 2.58. The summed E-state index contributed by atoms with van der Waals surface area (Å²) in [6, 6.07) is 8.39. The molecule has 0 saturated heterocycles. The van der Waals surface area contributed by atoms with Crippen molar-refractivity contribution in [2.24, 2.45) is 0 Å². The zero-order valence-corrected chi connectivity index (χ0v) is 18.3. The molecule has 1 rings (SSSR count). The van der Waals surface area contributed by atoms with Crippen molar-refractivity contribution in [1.29, 1.82) is 0 Å². The van der Waals surface area contributed by atoms with Gasteiger partial charge in [-0.05, 0) is 36.6 Å². The van der Waals surface area contributed by atoms with Crippen molar-refractivity contribution >= 4 is 23.7 Å². The molecule has 1 aromatic carbocycles. The SMILES string of the molecule is C#CCN(C/C=C/c1ccccc1SCCCC)C(=O)CCCOCCCC. The Hall–Kier alpha value is -1.70. The summed E-state index contributed by atoms with van der Waals surface area (Å²) < 4.78 is 5.53. The first kappa shape index (κ1) is 24.3. The number of carbonyl (C=O) groups excluding carboxylic acids is 1. The molecule has 0 atom stereocenters. The highest BCUT2D eigenvalue weighted by Gasteiger charge is 2.10. The maximum absolute atomic E-state index is 12.4. The van der Waals surface area contributed by atoms with Crippen LogP contribution in [0.1, 0.15) is 57.9 Å². The number of unbranched alkanes of at least 4 members (excludes halogenated alkanes) is 2. The Labute approximate surface area is 175 Å². The second-order valence-electron chi connectivity index (χ2n) is 6.69. The highest BCUT2D eigenvalue weighted by molar-refractivity contribution is 7.99. The van der Waals surface area contributed by atoms with E-state index in [1.54, 1.807) is 4.90 Å². The zero-order valence-electron chi connectivity index (χ0n) is 17.5. The second kappa shape index (κ2) is 16.3. The van der Waals surface area contributed by atoms with E-state index in [0.717, 1.165) is 31.6 Å². The summed E-state index contributed by atoms with van der Waals surface area (Å²) in [5.74, 6) is 3.82. The van der Waals surface area contributed by atoms with E-state index < -0.39 is 0 Å². The third-order valence-corrected chi connectivity index (χ3v) is 5.43. The number of terminal acetylenes is 1. The van der Waals surface area contributed by atoms with Crippen molar-refractivity contribution in [3.63, 3.8) is 0 Å². The molecule has 0 unspecified atom stereocenters. The van der Waals surface area contributed by atoms with Gasteiger partial charge in [-0.15, -0.1) is 18.2 Å². The summed E-state index contributed by atoms with van der Waals surface area (Å²) >= 11 is 1.89. The van der Waals surface area contributed by atoms with Crippen LogP contribution in [0.2, 0.25) is 0 Å². The number of nitrogens with zero attached hydrogens (tertiary/aromatic N) is 1. The summed E-state index contributed by atoms with van der Waals surface area (Å²) in [5.41, 5.74) is 1.20. The van der Waals surface area contributed by atoms with Gasteiger partial charge in [0, 0.05) is 31.1 Å². The normalized spacial score (nSPS) is 10.9. The van der Waals surface area contributed by atoms with E-state index >= 15 is 0 Å². The van der Waals surface area contributed by atoms with Gasteiger partial charge in [0.05, 0.1) is 6.54 Å². The second-order valence-corrected chi connectivity index (χ2v) is 7.83. The molecule has 0 saturated carbocycles. The van der Waals surface area contributed by atoms with Gasteiger partial charge in [-0.2, -0.15) is 0 Å². The van der Waals surface area contributed by atoms with Crippen LogP contribution in [-0.4, -0.2) is 42.9 Å². The molecule has 0 bridgehead atoms. The monoisotopic (exact) mass is 401 g/mol. The average Bonchev–Trinajstić information content (AvgIpc) is 2.71. The minimum atomic E-state index is 0.0901. The first-order valence-corrected chi connectivity index (χ1v) is 11.4. The molecule has 4 heteroatoms. The van der Waals surface area contributed by atoms with Crippen LogP contribution in [0, 0.1) is 12.3 Å². The van der Waals surface area contributed by atoms with E-state index in [0.29, 0.717) is 26.1 Å². The van der Waals surface area contributed by atoms with Crippen LogP contribution >= 0.6 is 11.8 Å². The highest BCUT2D eigenvalue weighted by atomic mass is 32.2. The van der Waals surface area contributed by atoms with Crippen LogP contribution in [0.3, 0.4) is 0 Å². The van der Waals surface area contributed by atoms with Crippen molar-refractivity contribution in [3.05, 3.63) is 35.9 Å². The van der Waals surface area contributed by atoms with E-state index in [1.165, 1.54) is 23.3 Å². The lowest BCUT2D eigenvalue weighted by Gasteiger charge is -2.18. The molecule has 3 nitrogen and oxygen atoms in total. The van der Waals surface area contributed by atoms with Crippen LogP contribution < -0.4 is 0 Å². The minimum absolute atomic E-state index is 0.0901. The molecule has 28 heavy (non-hydrogen) atoms. The smallest absolute Gasteiger partial charge is 0.223 e. The van der Waals surface area contributed by atoms with Gasteiger partial charge < -0.3 is 9.64 Å². The number of hydrogen-bond donors (Lipinski definition) is 0. The molecule has 0 N–H and O–H groups in total. The molecule has 0 aliphatic rings. The van der Waals surface area contributed by atoms with Crippen molar-refractivity contribution < 1.29 is 9.53 Å². The lowest BCUT2D eigenvalue weighted by molar-refractivity contribution is -0.130. The maximum atomic E-state index is 12.4. The predicted molar refractivity (Wildman–Crippen MR) is 121 cm³/mol. The maximum Gasteiger partial charge on any atom is 0.223 e. The number of thioether (sulfide) groups is 1. The number of ether oxygens (including phenoxy) is 1. The molecule has 154 valence electrons. The fraction of sp³-hybridized carbons (Fsp3) is 0.542. The molecule has 0 aliphatic carbocycles. The van der Waals surface area contributed by atoms with Gasteiger partial charge >= 0.3 is 0 Å². The molecule has 0 radical (unpaired) electrons. The van der Waals surface area contributed by atoms with E-state index in [4.69, 9.17) is 11.2 Å². The summed E-state index contributed by atoms with van der Waals surface area (Å²) in [7, 11) is 0. The largest absolute Gasteiger partial charge is 0.381 e. The Bertz CT molecular complexity index is 621. The predicted octanol–water partition coefficient (Wildman–Crippen LogP) is 5.65. The average molecular weight is 402 g/mol. The quantitative estimate of drug-likeness (QED) is 0.216. The van der Waals surface area contributed by atoms with E-state index in [2.05, 4.69) is 44.0 Å². The van der Waals surface area contributed by atoms with Crippen LogP contribution in [0.5, 0.6) is 0 Å². The van der Waals surface area contributed by atoms with Gasteiger partial charge in [-0.25, -0.2) is 0 Å². The van der Waals surface area contributed by atoms with Crippen molar-refractivity contribution in [2.45, 2.75) is 57.3 Å². The topological polar surface area (TPSA) is 29.5 Å². The molecule has 0 fully saturated rings. The summed E-state index contributed by atoms with van der Waals surface area (Å²) in [5, 5.41) is 0. The minimum Gasteiger partial charge on any atom is -0.381 e. The van der Waals surface area contributed by atoms with Crippen LogP contribution in [0.15, 0.2) is 35.2 Å². The van der Waals surface area contributed by atoms with Crippen molar-refractivity contribution in [3.8, 4) is 12.3 Å². The first-order chi connectivity index (χ1) is 13.7. The first-order valence-electron chi connectivity index (χ1n) is 10.4. The van der Waals surface area contributed by atoms with Gasteiger partial charge in [-0.1, -0.05) is 63.0 Å². The fourth-order valence-corrected chi connectivity index (χ4v) is 3.71. The van der Waals surface area contributed by atoms with Gasteiger partial charge in [0.2, 0.25) is 5.91 Å². The van der Waals surface area contributed by atoms with E-state index in [-0.39, 0.29) is 5.91 Å². The molecule has 0 heterocycles. The Morgan fingerprint density at radius 3 is 2.68 bits per heavy atom. The number of hydrogen-bond acceptors (Lipinski definition) is 3. The molecular formula is C24H35NO2S. The van der Waals surface area contributed by atoms with Crippen molar-refractivity contribution in [1.82, 2.24) is 4.90 Å². The number of carbonyl (C=O) groups is 1. The summed E-state index contributed by atoms with van der Waals surface area (Å²) in [6.07, 6.45) is 15.4. The lowest BCUT2D eigenvalue weighted by atomic mass is 10.2. The van der Waals surface area contributed by atoms with Gasteiger partial charge in [0.1, 0.15) is 0 Å². The van der Waals surface area contributed by atoms with Crippen molar-refractivity contribution in [2.75, 3.05) is 32.1 Å². The van der Waals surface area contributed by atoms with Gasteiger partial charge in [0.25, 0.3) is 0 Å². The molecule has 0 aromatic heterocycles. The Morgan fingerprint density at radius 1 is 1.18 bits per heavy atom. The number of benzene rings is 1. The van der Waals surface area contributed by atoms with E-state index in [1.807, 2.05) is 23.9 Å². The third kappa shape index (κ3) is 10.6. The molecular weight excluding hydrogens is 366 g/mol. The van der Waals surface area contributed by atoms with Crippen LogP contribution in [0.25, 0.3) is 6.08 Å². The van der Waals surface area contributed by atoms with E-state index in [9.17, 15) is 4.79 Å².